The van der Waals surface area contributed by atoms with E-state index in [1.807, 2.05) is 6.92 Å². The molecule has 0 heterocycles. The first-order valence-corrected chi connectivity index (χ1v) is 5.55. The van der Waals surface area contributed by atoms with E-state index < -0.39 is 11.5 Å². The third kappa shape index (κ3) is 2.92. The van der Waals surface area contributed by atoms with Crippen molar-refractivity contribution in [1.29, 1.82) is 0 Å². The van der Waals surface area contributed by atoms with Gasteiger partial charge in [-0.05, 0) is 37.1 Å². The van der Waals surface area contributed by atoms with E-state index in [1.54, 1.807) is 26.2 Å². The van der Waals surface area contributed by atoms with Gasteiger partial charge in [0.15, 0.2) is 11.5 Å². The fourth-order valence-corrected chi connectivity index (χ4v) is 2.01. The Bertz CT molecular complexity index is 455. The summed E-state index contributed by atoms with van der Waals surface area (Å²) in [5, 5.41) is 8.89. The van der Waals surface area contributed by atoms with Crippen LogP contribution in [0.25, 0.3) is 0 Å². The Hall–Kier alpha value is -1.75. The molecular formula is C13H19NO4. The molecule has 0 bridgehead atoms. The van der Waals surface area contributed by atoms with Crippen molar-refractivity contribution in [2.45, 2.75) is 25.8 Å². The molecule has 0 aliphatic carbocycles. The van der Waals surface area contributed by atoms with Gasteiger partial charge in [-0.1, -0.05) is 0 Å². The lowest BCUT2D eigenvalue weighted by Gasteiger charge is -2.26. The molecule has 0 aliphatic rings. The summed E-state index contributed by atoms with van der Waals surface area (Å²) in [4.78, 5) is 10.8. The molecule has 18 heavy (non-hydrogen) atoms. The van der Waals surface area contributed by atoms with E-state index in [2.05, 4.69) is 0 Å². The smallest absolute Gasteiger partial charge is 0.305 e. The van der Waals surface area contributed by atoms with Crippen LogP contribution < -0.4 is 15.2 Å². The highest BCUT2D eigenvalue weighted by Gasteiger charge is 2.27. The summed E-state index contributed by atoms with van der Waals surface area (Å²) >= 11 is 0. The molecule has 0 aromatic heterocycles. The highest BCUT2D eigenvalue weighted by Crippen LogP contribution is 2.35. The quantitative estimate of drug-likeness (QED) is 0.834. The molecule has 1 aromatic rings. The normalized spacial score (nSPS) is 13.8. The third-order valence-corrected chi connectivity index (χ3v) is 2.86. The maximum atomic E-state index is 10.8. The molecule has 5 heteroatoms. The summed E-state index contributed by atoms with van der Waals surface area (Å²) in [5.41, 5.74) is 6.74. The maximum Gasteiger partial charge on any atom is 0.305 e. The number of nitrogens with two attached hydrogens (primary N) is 1. The van der Waals surface area contributed by atoms with Gasteiger partial charge in [-0.25, -0.2) is 0 Å². The van der Waals surface area contributed by atoms with Crippen LogP contribution in [-0.4, -0.2) is 25.3 Å². The number of carbonyl (C=O) groups is 1. The van der Waals surface area contributed by atoms with Crippen molar-refractivity contribution in [1.82, 2.24) is 0 Å². The Morgan fingerprint density at radius 2 is 1.83 bits per heavy atom. The van der Waals surface area contributed by atoms with Crippen molar-refractivity contribution in [3.63, 3.8) is 0 Å². The molecule has 1 rings (SSSR count). The molecule has 1 atom stereocenters. The van der Waals surface area contributed by atoms with Gasteiger partial charge in [0.25, 0.3) is 0 Å². The zero-order valence-corrected chi connectivity index (χ0v) is 11.1. The van der Waals surface area contributed by atoms with Crippen LogP contribution in [0.1, 0.15) is 24.5 Å². The molecule has 1 unspecified atom stereocenters. The average Bonchev–Trinajstić information content (AvgIpc) is 2.26. The number of benzene rings is 1. The van der Waals surface area contributed by atoms with E-state index in [0.717, 1.165) is 11.1 Å². The third-order valence-electron chi connectivity index (χ3n) is 2.86. The van der Waals surface area contributed by atoms with Crippen molar-refractivity contribution < 1.29 is 19.4 Å². The van der Waals surface area contributed by atoms with Crippen LogP contribution in [0.3, 0.4) is 0 Å². The van der Waals surface area contributed by atoms with Gasteiger partial charge in [0, 0.05) is 5.54 Å². The van der Waals surface area contributed by atoms with Crippen molar-refractivity contribution >= 4 is 5.97 Å². The number of rotatable bonds is 5. The molecule has 1 aromatic carbocycles. The predicted octanol–water partition coefficient (Wildman–Crippen LogP) is 1.66. The first kappa shape index (κ1) is 14.3. The van der Waals surface area contributed by atoms with Gasteiger partial charge in [-0.15, -0.1) is 0 Å². The van der Waals surface area contributed by atoms with Gasteiger partial charge < -0.3 is 20.3 Å². The summed E-state index contributed by atoms with van der Waals surface area (Å²) in [6.07, 6.45) is -0.149. The van der Waals surface area contributed by atoms with Gasteiger partial charge in [0.2, 0.25) is 0 Å². The number of ether oxygens (including phenoxy) is 2. The Labute approximate surface area is 107 Å². The van der Waals surface area contributed by atoms with Crippen LogP contribution in [0, 0.1) is 6.92 Å². The molecule has 0 saturated heterocycles. The van der Waals surface area contributed by atoms with Gasteiger partial charge in [-0.2, -0.15) is 0 Å². The first-order valence-electron chi connectivity index (χ1n) is 5.55. The summed E-state index contributed by atoms with van der Waals surface area (Å²) in [6, 6.07) is 3.53. The largest absolute Gasteiger partial charge is 0.493 e. The minimum atomic E-state index is -0.949. The Kier molecular flexibility index (Phi) is 4.19. The van der Waals surface area contributed by atoms with E-state index in [0.29, 0.717) is 11.5 Å². The van der Waals surface area contributed by atoms with Crippen LogP contribution in [0.15, 0.2) is 12.1 Å². The monoisotopic (exact) mass is 253 g/mol. The summed E-state index contributed by atoms with van der Waals surface area (Å²) in [6.45, 7) is 3.56. The number of aryl methyl sites for hydroxylation is 1. The maximum absolute atomic E-state index is 10.8. The minimum Gasteiger partial charge on any atom is -0.493 e. The molecule has 0 amide bonds. The van der Waals surface area contributed by atoms with Crippen molar-refractivity contribution in [3.05, 3.63) is 23.3 Å². The topological polar surface area (TPSA) is 81.8 Å². The second-order valence-electron chi connectivity index (χ2n) is 4.51. The average molecular weight is 253 g/mol. The number of carboxylic acids is 1. The van der Waals surface area contributed by atoms with Gasteiger partial charge in [-0.3, -0.25) is 4.79 Å². The molecule has 3 N–H and O–H groups in total. The lowest BCUT2D eigenvalue weighted by molar-refractivity contribution is -0.138. The molecule has 0 saturated carbocycles. The second-order valence-corrected chi connectivity index (χ2v) is 4.51. The van der Waals surface area contributed by atoms with E-state index in [4.69, 9.17) is 20.3 Å². The SMILES string of the molecule is COc1cc(C)c(C(C)(N)CC(=O)O)cc1OC. The van der Waals surface area contributed by atoms with Crippen molar-refractivity contribution in [2.24, 2.45) is 5.73 Å². The standard InChI is InChI=1S/C13H19NO4/c1-8-5-10(17-3)11(18-4)6-9(8)13(2,14)7-12(15)16/h5-6H,7,14H2,1-4H3,(H,15,16). The summed E-state index contributed by atoms with van der Waals surface area (Å²) < 4.78 is 10.4. The minimum absolute atomic E-state index is 0.149. The van der Waals surface area contributed by atoms with Crippen molar-refractivity contribution in [3.8, 4) is 11.5 Å². The van der Waals surface area contributed by atoms with Crippen LogP contribution in [-0.2, 0) is 10.3 Å². The van der Waals surface area contributed by atoms with Gasteiger partial charge in [0.1, 0.15) is 0 Å². The molecule has 0 radical (unpaired) electrons. The van der Waals surface area contributed by atoms with Gasteiger partial charge in [0.05, 0.1) is 20.6 Å². The number of methoxy groups -OCH3 is 2. The highest BCUT2D eigenvalue weighted by atomic mass is 16.5. The Morgan fingerprint density at radius 3 is 2.28 bits per heavy atom. The van der Waals surface area contributed by atoms with E-state index in [9.17, 15) is 4.79 Å². The van der Waals surface area contributed by atoms with Gasteiger partial charge >= 0.3 is 5.97 Å². The Morgan fingerprint density at radius 1 is 1.33 bits per heavy atom. The van der Waals surface area contributed by atoms with E-state index in [1.165, 1.54) is 7.11 Å². The fraction of sp³-hybridized carbons (Fsp3) is 0.462. The van der Waals surface area contributed by atoms with Crippen LogP contribution in [0.4, 0.5) is 0 Å². The first-order chi connectivity index (χ1) is 8.31. The molecular weight excluding hydrogens is 234 g/mol. The van der Waals surface area contributed by atoms with E-state index >= 15 is 0 Å². The molecule has 0 fully saturated rings. The predicted molar refractivity (Wildman–Crippen MR) is 68.1 cm³/mol. The van der Waals surface area contributed by atoms with Crippen LogP contribution in [0.5, 0.6) is 11.5 Å². The number of hydrogen-bond acceptors (Lipinski definition) is 4. The van der Waals surface area contributed by atoms with Crippen LogP contribution in [0.2, 0.25) is 0 Å². The van der Waals surface area contributed by atoms with Crippen LogP contribution >= 0.6 is 0 Å². The molecule has 0 spiro atoms. The number of aliphatic carboxylic acids is 1. The fourth-order valence-electron chi connectivity index (χ4n) is 2.01. The van der Waals surface area contributed by atoms with E-state index in [-0.39, 0.29) is 6.42 Å². The molecule has 0 aliphatic heterocycles. The van der Waals surface area contributed by atoms with Crippen molar-refractivity contribution in [2.75, 3.05) is 14.2 Å². The summed E-state index contributed by atoms with van der Waals surface area (Å²) in [5.74, 6) is 0.208. The lowest BCUT2D eigenvalue weighted by atomic mass is 9.86. The highest BCUT2D eigenvalue weighted by molar-refractivity contribution is 5.69. The molecule has 5 nitrogen and oxygen atoms in total. The second kappa shape index (κ2) is 5.27. The number of hydrogen-bond donors (Lipinski definition) is 2. The zero-order chi connectivity index (χ0) is 13.9. The lowest BCUT2D eigenvalue weighted by Crippen LogP contribution is -2.36. The zero-order valence-electron chi connectivity index (χ0n) is 11.1. The Balaban J connectivity index is 3.28. The summed E-state index contributed by atoms with van der Waals surface area (Å²) in [7, 11) is 3.08. The number of carboxylic acid groups (broad SMARTS) is 1. The molecule has 100 valence electrons.